The molecule has 3 N–H and O–H groups in total. The lowest BCUT2D eigenvalue weighted by Crippen LogP contribution is -2.47. The first-order valence-electron chi connectivity index (χ1n) is 11.4. The average molecular weight is 458 g/mol. The molecule has 3 aromatic rings. The summed E-state index contributed by atoms with van der Waals surface area (Å²) in [5, 5.41) is 8.64. The Morgan fingerprint density at radius 3 is 1.97 bits per heavy atom. The minimum absolute atomic E-state index is 0.159. The van der Waals surface area contributed by atoms with E-state index in [9.17, 15) is 14.4 Å². The van der Waals surface area contributed by atoms with E-state index in [1.165, 1.54) is 0 Å². The number of nitrogens with one attached hydrogen (secondary N) is 3. The lowest BCUT2D eigenvalue weighted by atomic mass is 10.0. The lowest BCUT2D eigenvalue weighted by Gasteiger charge is -2.23. The van der Waals surface area contributed by atoms with Crippen LogP contribution in [0.5, 0.6) is 0 Å². The van der Waals surface area contributed by atoms with Crippen LogP contribution in [-0.4, -0.2) is 23.8 Å². The number of rotatable bonds is 8. The van der Waals surface area contributed by atoms with Crippen molar-refractivity contribution in [1.29, 1.82) is 0 Å². The van der Waals surface area contributed by atoms with Crippen molar-refractivity contribution in [3.8, 4) is 0 Å². The summed E-state index contributed by atoms with van der Waals surface area (Å²) in [6, 6.07) is 22.7. The second-order valence-corrected chi connectivity index (χ2v) is 8.70. The maximum Gasteiger partial charge on any atom is 0.253 e. The first-order chi connectivity index (χ1) is 16.3. The molecule has 6 nitrogen and oxygen atoms in total. The Morgan fingerprint density at radius 1 is 0.706 bits per heavy atom. The number of carbonyl (C=O) groups excluding carboxylic acids is 3. The van der Waals surface area contributed by atoms with Gasteiger partial charge in [-0.15, -0.1) is 0 Å². The smallest absolute Gasteiger partial charge is 0.253 e. The van der Waals surface area contributed by atoms with Crippen molar-refractivity contribution < 1.29 is 14.4 Å². The summed E-state index contributed by atoms with van der Waals surface area (Å²) >= 11 is 0. The third-order valence-corrected chi connectivity index (χ3v) is 5.63. The summed E-state index contributed by atoms with van der Waals surface area (Å²) in [5.74, 6) is -1.16. The number of para-hydroxylation sites is 1. The average Bonchev–Trinajstić information content (AvgIpc) is 2.83. The molecule has 176 valence electrons. The predicted octanol–water partition coefficient (Wildman–Crippen LogP) is 4.88. The Balaban J connectivity index is 1.73. The molecule has 2 atom stereocenters. The molecule has 3 aromatic carbocycles. The summed E-state index contributed by atoms with van der Waals surface area (Å²) < 4.78 is 0. The fourth-order valence-corrected chi connectivity index (χ4v) is 3.56. The highest BCUT2D eigenvalue weighted by molar-refractivity contribution is 6.06. The van der Waals surface area contributed by atoms with Crippen LogP contribution in [0, 0.1) is 12.8 Å². The van der Waals surface area contributed by atoms with Crippen LogP contribution in [0.2, 0.25) is 0 Å². The Kier molecular flexibility index (Phi) is 8.19. The first kappa shape index (κ1) is 24.7. The Bertz CT molecular complexity index is 1140. The van der Waals surface area contributed by atoms with E-state index in [4.69, 9.17) is 0 Å². The molecule has 0 fully saturated rings. The van der Waals surface area contributed by atoms with Crippen LogP contribution in [0.3, 0.4) is 0 Å². The zero-order valence-electron chi connectivity index (χ0n) is 20.0. The molecule has 3 amide bonds. The van der Waals surface area contributed by atoms with Gasteiger partial charge in [0.1, 0.15) is 6.04 Å². The monoisotopic (exact) mass is 457 g/mol. The quantitative estimate of drug-likeness (QED) is 0.451. The summed E-state index contributed by atoms with van der Waals surface area (Å²) in [4.78, 5) is 38.8. The number of hydrogen-bond acceptors (Lipinski definition) is 3. The van der Waals surface area contributed by atoms with Gasteiger partial charge in [0.25, 0.3) is 11.8 Å². The number of hydrogen-bond donors (Lipinski definition) is 3. The van der Waals surface area contributed by atoms with E-state index in [1.807, 2.05) is 70.2 Å². The second kappa shape index (κ2) is 11.3. The number of aryl methyl sites for hydroxylation is 1. The van der Waals surface area contributed by atoms with E-state index in [-0.39, 0.29) is 29.7 Å². The summed E-state index contributed by atoms with van der Waals surface area (Å²) in [7, 11) is 0. The van der Waals surface area contributed by atoms with Crippen LogP contribution in [0.4, 0.5) is 5.69 Å². The van der Waals surface area contributed by atoms with Gasteiger partial charge in [-0.05, 0) is 49.6 Å². The van der Waals surface area contributed by atoms with Gasteiger partial charge in [0.05, 0.1) is 17.3 Å². The van der Waals surface area contributed by atoms with Crippen LogP contribution in [0.25, 0.3) is 0 Å². The van der Waals surface area contributed by atoms with E-state index in [0.717, 1.165) is 11.1 Å². The van der Waals surface area contributed by atoms with Crippen LogP contribution in [0.1, 0.15) is 58.7 Å². The fourth-order valence-electron chi connectivity index (χ4n) is 3.56. The second-order valence-electron chi connectivity index (χ2n) is 8.70. The minimum Gasteiger partial charge on any atom is -0.345 e. The van der Waals surface area contributed by atoms with Crippen molar-refractivity contribution in [3.05, 3.63) is 101 Å². The predicted molar refractivity (Wildman–Crippen MR) is 135 cm³/mol. The topological polar surface area (TPSA) is 87.3 Å². The number of benzene rings is 3. The number of anilines is 1. The maximum absolute atomic E-state index is 13.1. The molecular formula is C28H31N3O3. The molecule has 0 spiro atoms. The van der Waals surface area contributed by atoms with Crippen molar-refractivity contribution in [2.75, 3.05) is 5.32 Å². The van der Waals surface area contributed by atoms with Crippen LogP contribution in [-0.2, 0) is 4.79 Å². The molecule has 0 heterocycles. The van der Waals surface area contributed by atoms with Crippen molar-refractivity contribution >= 4 is 23.4 Å². The standard InChI is InChI=1S/C28H31N3O3/c1-18(2)25(31-26(32)22-16-14-19(3)15-17-22)28(34)30-24-13-9-8-12-23(24)27(33)29-20(4)21-10-6-5-7-11-21/h5-18,20,25H,1-4H3,(H,29,33)(H,30,34)(H,31,32). The molecule has 0 aliphatic rings. The molecule has 0 saturated heterocycles. The third kappa shape index (κ3) is 6.32. The molecular weight excluding hydrogens is 426 g/mol. The van der Waals surface area contributed by atoms with Gasteiger partial charge >= 0.3 is 0 Å². The van der Waals surface area contributed by atoms with Crippen molar-refractivity contribution in [1.82, 2.24) is 10.6 Å². The summed E-state index contributed by atoms with van der Waals surface area (Å²) in [5.41, 5.74) is 3.26. The molecule has 6 heteroatoms. The Hall–Kier alpha value is -3.93. The number of carbonyl (C=O) groups is 3. The molecule has 0 aromatic heterocycles. The highest BCUT2D eigenvalue weighted by Crippen LogP contribution is 2.19. The van der Waals surface area contributed by atoms with Gasteiger partial charge in [-0.1, -0.05) is 74.0 Å². The van der Waals surface area contributed by atoms with Gasteiger partial charge in [-0.3, -0.25) is 14.4 Å². The van der Waals surface area contributed by atoms with Crippen LogP contribution < -0.4 is 16.0 Å². The van der Waals surface area contributed by atoms with E-state index < -0.39 is 6.04 Å². The van der Waals surface area contributed by atoms with Gasteiger partial charge in [0.2, 0.25) is 5.91 Å². The molecule has 0 bridgehead atoms. The van der Waals surface area contributed by atoms with Crippen molar-refractivity contribution in [2.45, 2.75) is 39.8 Å². The largest absolute Gasteiger partial charge is 0.345 e. The molecule has 0 aliphatic carbocycles. The molecule has 3 rings (SSSR count). The Labute approximate surface area is 200 Å². The first-order valence-corrected chi connectivity index (χ1v) is 11.4. The van der Waals surface area contributed by atoms with Crippen molar-refractivity contribution in [2.24, 2.45) is 5.92 Å². The maximum atomic E-state index is 13.1. The van der Waals surface area contributed by atoms with E-state index in [1.54, 1.807) is 36.4 Å². The third-order valence-electron chi connectivity index (χ3n) is 5.63. The normalized spacial score (nSPS) is 12.5. The Morgan fingerprint density at radius 2 is 1.32 bits per heavy atom. The van der Waals surface area contributed by atoms with Gasteiger partial charge in [-0.2, -0.15) is 0 Å². The zero-order chi connectivity index (χ0) is 24.7. The lowest BCUT2D eigenvalue weighted by molar-refractivity contribution is -0.118. The van der Waals surface area contributed by atoms with E-state index in [0.29, 0.717) is 16.8 Å². The van der Waals surface area contributed by atoms with E-state index >= 15 is 0 Å². The molecule has 2 unspecified atom stereocenters. The highest BCUT2D eigenvalue weighted by Gasteiger charge is 2.26. The molecule has 34 heavy (non-hydrogen) atoms. The molecule has 0 saturated carbocycles. The van der Waals surface area contributed by atoms with Crippen LogP contribution in [0.15, 0.2) is 78.9 Å². The van der Waals surface area contributed by atoms with Crippen molar-refractivity contribution in [3.63, 3.8) is 0 Å². The van der Waals surface area contributed by atoms with Crippen LogP contribution >= 0.6 is 0 Å². The zero-order valence-corrected chi connectivity index (χ0v) is 20.0. The van der Waals surface area contributed by atoms with E-state index in [2.05, 4.69) is 16.0 Å². The molecule has 0 radical (unpaired) electrons. The van der Waals surface area contributed by atoms with Gasteiger partial charge in [-0.25, -0.2) is 0 Å². The van der Waals surface area contributed by atoms with Gasteiger partial charge in [0, 0.05) is 5.56 Å². The van der Waals surface area contributed by atoms with Gasteiger partial charge < -0.3 is 16.0 Å². The number of amides is 3. The molecule has 0 aliphatic heterocycles. The highest BCUT2D eigenvalue weighted by atomic mass is 16.2. The minimum atomic E-state index is -0.770. The van der Waals surface area contributed by atoms with Gasteiger partial charge in [0.15, 0.2) is 0 Å². The summed E-state index contributed by atoms with van der Waals surface area (Å²) in [6.07, 6.45) is 0. The SMILES string of the molecule is Cc1ccc(C(=O)NC(C(=O)Nc2ccccc2C(=O)NC(C)c2ccccc2)C(C)C)cc1. The fraction of sp³-hybridized carbons (Fsp3) is 0.250. The summed E-state index contributed by atoms with van der Waals surface area (Å²) in [6.45, 7) is 7.57.